The van der Waals surface area contributed by atoms with E-state index in [4.69, 9.17) is 9.47 Å². The van der Waals surface area contributed by atoms with Gasteiger partial charge in [0.1, 0.15) is 11.6 Å². The predicted octanol–water partition coefficient (Wildman–Crippen LogP) is 9.18. The Morgan fingerprint density at radius 1 is 0.838 bits per heavy atom. The Kier molecular flexibility index (Phi) is 9.45. The normalized spacial score (nSPS) is 17.9. The molecule has 0 aromatic heterocycles. The van der Waals surface area contributed by atoms with Crippen LogP contribution in [0.4, 0.5) is 13.2 Å². The van der Waals surface area contributed by atoms with Gasteiger partial charge in [-0.1, -0.05) is 61.9 Å². The third kappa shape index (κ3) is 6.84. The molecule has 0 unspecified atom stereocenters. The molecule has 3 aromatic carbocycles. The van der Waals surface area contributed by atoms with Gasteiger partial charge in [-0.15, -0.1) is 0 Å². The minimum Gasteiger partial charge on any atom is -0.494 e. The van der Waals surface area contributed by atoms with E-state index in [0.717, 1.165) is 56.3 Å². The van der Waals surface area contributed by atoms with E-state index in [1.807, 2.05) is 19.1 Å². The van der Waals surface area contributed by atoms with Gasteiger partial charge in [0.2, 0.25) is 0 Å². The Morgan fingerprint density at radius 2 is 1.59 bits per heavy atom. The van der Waals surface area contributed by atoms with E-state index in [0.29, 0.717) is 23.5 Å². The van der Waals surface area contributed by atoms with Gasteiger partial charge in [0.15, 0.2) is 11.6 Å². The summed E-state index contributed by atoms with van der Waals surface area (Å²) in [5.41, 5.74) is 2.68. The average Bonchev–Trinajstić information content (AvgIpc) is 2.91. The number of ether oxygens (including phenoxy) is 2. The molecule has 0 N–H and O–H groups in total. The molecule has 196 valence electrons. The fraction of sp³-hybridized carbons (Fsp3) is 0.375. The number of unbranched alkanes of at least 4 members (excludes halogenated alkanes) is 1. The Labute approximate surface area is 218 Å². The molecule has 0 spiro atoms. The molecule has 37 heavy (non-hydrogen) atoms. The summed E-state index contributed by atoms with van der Waals surface area (Å²) in [6.07, 6.45) is 9.09. The average molecular weight is 509 g/mol. The summed E-state index contributed by atoms with van der Waals surface area (Å²) in [6.45, 7) is 5.24. The minimum absolute atomic E-state index is 0.0223. The van der Waals surface area contributed by atoms with E-state index in [-0.39, 0.29) is 23.4 Å². The van der Waals surface area contributed by atoms with Crippen LogP contribution in [0.3, 0.4) is 0 Å². The van der Waals surface area contributed by atoms with Crippen molar-refractivity contribution in [1.82, 2.24) is 0 Å². The Balaban J connectivity index is 1.40. The fourth-order valence-electron chi connectivity index (χ4n) is 4.90. The molecule has 0 aliphatic heterocycles. The SMILES string of the molecule is CCCCOC1CCC(c2ccc(/C=C/c3ccc(-c4ccc(OCC)cc4F)cc3)c(F)c2F)CC1. The first kappa shape index (κ1) is 27.0. The highest BCUT2D eigenvalue weighted by atomic mass is 19.2. The van der Waals surface area contributed by atoms with E-state index in [9.17, 15) is 13.2 Å². The van der Waals surface area contributed by atoms with Crippen LogP contribution in [0.15, 0.2) is 54.6 Å². The zero-order chi connectivity index (χ0) is 26.2. The third-order valence-electron chi connectivity index (χ3n) is 7.04. The Hall–Kier alpha value is -3.05. The van der Waals surface area contributed by atoms with Crippen LogP contribution in [0.25, 0.3) is 23.3 Å². The molecule has 0 heterocycles. The molecule has 4 rings (SSSR count). The van der Waals surface area contributed by atoms with Gasteiger partial charge >= 0.3 is 0 Å². The summed E-state index contributed by atoms with van der Waals surface area (Å²) in [7, 11) is 0. The van der Waals surface area contributed by atoms with E-state index < -0.39 is 11.6 Å². The number of rotatable bonds is 10. The van der Waals surface area contributed by atoms with Crippen LogP contribution in [-0.2, 0) is 4.74 Å². The molecule has 2 nitrogen and oxygen atoms in total. The van der Waals surface area contributed by atoms with Crippen molar-refractivity contribution in [3.8, 4) is 16.9 Å². The third-order valence-corrected chi connectivity index (χ3v) is 7.04. The molecule has 3 aromatic rings. The van der Waals surface area contributed by atoms with Crippen molar-refractivity contribution >= 4 is 12.2 Å². The molecule has 1 saturated carbocycles. The smallest absolute Gasteiger partial charge is 0.166 e. The van der Waals surface area contributed by atoms with Crippen LogP contribution in [-0.4, -0.2) is 19.3 Å². The van der Waals surface area contributed by atoms with Crippen LogP contribution in [0.1, 0.15) is 75.0 Å². The van der Waals surface area contributed by atoms with Gasteiger partial charge in [-0.05, 0) is 73.8 Å². The highest BCUT2D eigenvalue weighted by Gasteiger charge is 2.26. The molecule has 0 saturated heterocycles. The first-order valence-electron chi connectivity index (χ1n) is 13.3. The maximum atomic E-state index is 15.0. The van der Waals surface area contributed by atoms with E-state index in [1.165, 1.54) is 6.07 Å². The quantitative estimate of drug-likeness (QED) is 0.201. The second-order valence-electron chi connectivity index (χ2n) is 9.60. The van der Waals surface area contributed by atoms with Crippen molar-refractivity contribution < 1.29 is 22.6 Å². The zero-order valence-corrected chi connectivity index (χ0v) is 21.6. The van der Waals surface area contributed by atoms with Gasteiger partial charge < -0.3 is 9.47 Å². The zero-order valence-electron chi connectivity index (χ0n) is 21.6. The first-order chi connectivity index (χ1) is 18.0. The van der Waals surface area contributed by atoms with Crippen molar-refractivity contribution in [2.24, 2.45) is 0 Å². The second-order valence-corrected chi connectivity index (χ2v) is 9.60. The van der Waals surface area contributed by atoms with Gasteiger partial charge in [0.05, 0.1) is 12.7 Å². The molecule has 0 atom stereocenters. The summed E-state index contributed by atoms with van der Waals surface area (Å²) < 4.78 is 55.6. The van der Waals surface area contributed by atoms with E-state index in [2.05, 4.69) is 6.92 Å². The largest absolute Gasteiger partial charge is 0.494 e. The lowest BCUT2D eigenvalue weighted by Crippen LogP contribution is -2.22. The summed E-state index contributed by atoms with van der Waals surface area (Å²) in [4.78, 5) is 0. The van der Waals surface area contributed by atoms with Crippen molar-refractivity contribution in [3.05, 3.63) is 88.7 Å². The van der Waals surface area contributed by atoms with Gasteiger partial charge in [-0.25, -0.2) is 13.2 Å². The standard InChI is InChI=1S/C32H35F3O2/c1-3-5-20-37-26-15-12-24(13-16-26)29-18-14-25(31(34)32(29)35)11-8-22-6-9-23(10-7-22)28-19-17-27(36-4-2)21-30(28)33/h6-11,14,17-19,21,24,26H,3-5,12-13,15-16,20H2,1-2H3/b11-8+. The number of benzene rings is 3. The number of hydrogen-bond donors (Lipinski definition) is 0. The van der Waals surface area contributed by atoms with Crippen molar-refractivity contribution in [2.75, 3.05) is 13.2 Å². The topological polar surface area (TPSA) is 18.5 Å². The van der Waals surface area contributed by atoms with E-state index >= 15 is 0 Å². The van der Waals surface area contributed by atoms with Crippen LogP contribution in [0.5, 0.6) is 5.75 Å². The molecule has 1 aliphatic rings. The van der Waals surface area contributed by atoms with Gasteiger partial charge in [-0.3, -0.25) is 0 Å². The lowest BCUT2D eigenvalue weighted by Gasteiger charge is -2.29. The summed E-state index contributed by atoms with van der Waals surface area (Å²) >= 11 is 0. The van der Waals surface area contributed by atoms with Crippen LogP contribution in [0, 0.1) is 17.5 Å². The highest BCUT2D eigenvalue weighted by molar-refractivity contribution is 5.73. The van der Waals surface area contributed by atoms with Gasteiger partial charge in [0, 0.05) is 23.8 Å². The van der Waals surface area contributed by atoms with Crippen LogP contribution < -0.4 is 4.74 Å². The maximum absolute atomic E-state index is 15.0. The van der Waals surface area contributed by atoms with Gasteiger partial charge in [0.25, 0.3) is 0 Å². The minimum atomic E-state index is -0.817. The maximum Gasteiger partial charge on any atom is 0.166 e. The number of halogens is 3. The lowest BCUT2D eigenvalue weighted by molar-refractivity contribution is 0.0230. The first-order valence-corrected chi connectivity index (χ1v) is 13.3. The molecule has 0 amide bonds. The Morgan fingerprint density at radius 3 is 2.27 bits per heavy atom. The lowest BCUT2D eigenvalue weighted by atomic mass is 9.82. The van der Waals surface area contributed by atoms with Crippen molar-refractivity contribution in [2.45, 2.75) is 64.4 Å². The van der Waals surface area contributed by atoms with Crippen molar-refractivity contribution in [3.63, 3.8) is 0 Å². The predicted molar refractivity (Wildman–Crippen MR) is 144 cm³/mol. The van der Waals surface area contributed by atoms with Crippen LogP contribution >= 0.6 is 0 Å². The second kappa shape index (κ2) is 13.0. The molecule has 0 radical (unpaired) electrons. The summed E-state index contributed by atoms with van der Waals surface area (Å²) in [5, 5.41) is 0. The van der Waals surface area contributed by atoms with Gasteiger partial charge in [-0.2, -0.15) is 0 Å². The molecule has 1 fully saturated rings. The molecule has 1 aliphatic carbocycles. The molecule has 5 heteroatoms. The fourth-order valence-corrected chi connectivity index (χ4v) is 4.90. The number of hydrogen-bond acceptors (Lipinski definition) is 2. The van der Waals surface area contributed by atoms with E-state index in [1.54, 1.807) is 48.6 Å². The highest BCUT2D eigenvalue weighted by Crippen LogP contribution is 2.36. The van der Waals surface area contributed by atoms with Crippen molar-refractivity contribution in [1.29, 1.82) is 0 Å². The summed E-state index contributed by atoms with van der Waals surface area (Å²) in [6, 6.07) is 15.4. The molecule has 0 bridgehead atoms. The summed E-state index contributed by atoms with van der Waals surface area (Å²) in [5.74, 6) is -1.41. The molecular formula is C32H35F3O2. The molecular weight excluding hydrogens is 473 g/mol. The monoisotopic (exact) mass is 508 g/mol. The Bertz CT molecular complexity index is 1200. The van der Waals surface area contributed by atoms with Crippen LogP contribution in [0.2, 0.25) is 0 Å².